The smallest absolute Gasteiger partial charge is 0.0723 e. The summed E-state index contributed by atoms with van der Waals surface area (Å²) in [5, 5.41) is 2.46. The molecule has 0 atom stereocenters. The van der Waals surface area contributed by atoms with Gasteiger partial charge in [-0.3, -0.25) is 0 Å². The van der Waals surface area contributed by atoms with Crippen molar-refractivity contribution in [2.45, 2.75) is 34.5 Å². The largest absolute Gasteiger partial charge is 0.310 e. The fraction of sp³-hybridized carbons (Fsp3) is 0.0690. The van der Waals surface area contributed by atoms with Crippen molar-refractivity contribution in [2.75, 3.05) is 4.90 Å². The third-order valence-corrected chi connectivity index (χ3v) is 14.0. The highest BCUT2D eigenvalue weighted by molar-refractivity contribution is 7.99. The van der Waals surface area contributed by atoms with Crippen molar-refractivity contribution in [3.63, 3.8) is 0 Å². The first-order valence-corrected chi connectivity index (χ1v) is 21.7. The summed E-state index contributed by atoms with van der Waals surface area (Å²) in [5.74, 6) is 0. The van der Waals surface area contributed by atoms with Crippen LogP contribution in [0, 0.1) is 0 Å². The Kier molecular flexibility index (Phi) is 8.72. The van der Waals surface area contributed by atoms with Gasteiger partial charge >= 0.3 is 0 Å². The second-order valence-corrected chi connectivity index (χ2v) is 17.6. The first-order valence-electron chi connectivity index (χ1n) is 20.8. The number of benzene rings is 9. The lowest BCUT2D eigenvalue weighted by atomic mass is 9.64. The third kappa shape index (κ3) is 5.78. The van der Waals surface area contributed by atoms with Gasteiger partial charge in [-0.2, -0.15) is 0 Å². The number of nitrogens with zero attached hydrogens (tertiary/aromatic N) is 1. The van der Waals surface area contributed by atoms with Crippen LogP contribution in [0.1, 0.15) is 58.4 Å². The van der Waals surface area contributed by atoms with Gasteiger partial charge in [-0.1, -0.05) is 208 Å². The van der Waals surface area contributed by atoms with Crippen LogP contribution < -0.4 is 4.90 Å². The SMILES string of the molecule is CC1(C)c2cc(N(c3ccc(/C=C/c4ccccc4)cc3)c3ccc4ccccc4c3)ccc2-c2c1ccc1c2Sc2ccccc2C1(c1ccccc1)c1ccccc1. The van der Waals surface area contributed by atoms with E-state index in [1.165, 1.54) is 70.6 Å². The summed E-state index contributed by atoms with van der Waals surface area (Å²) in [6.45, 7) is 4.82. The van der Waals surface area contributed by atoms with Gasteiger partial charge in [0, 0.05) is 37.8 Å². The molecule has 9 aromatic carbocycles. The highest BCUT2D eigenvalue weighted by atomic mass is 32.2. The summed E-state index contributed by atoms with van der Waals surface area (Å²) < 4.78 is 0. The zero-order valence-corrected chi connectivity index (χ0v) is 34.5. The zero-order valence-electron chi connectivity index (χ0n) is 33.7. The van der Waals surface area contributed by atoms with Crippen molar-refractivity contribution in [2.24, 2.45) is 0 Å². The quantitative estimate of drug-likeness (QED) is 0.148. The van der Waals surface area contributed by atoms with E-state index in [9.17, 15) is 0 Å². The predicted octanol–water partition coefficient (Wildman–Crippen LogP) is 15.6. The molecule has 0 aromatic heterocycles. The summed E-state index contributed by atoms with van der Waals surface area (Å²) in [4.78, 5) is 5.08. The van der Waals surface area contributed by atoms with Crippen molar-refractivity contribution >= 4 is 51.7 Å². The minimum absolute atomic E-state index is 0.226. The standard InChI is InChI=1S/C58H43NS/c1-57(2)51-36-37-52-56(60-54-25-15-14-24-50(54)58(52,44-20-8-4-9-21-44)45-22-10-5-11-23-45)55(51)49-35-34-48(39-53(49)57)59(47-33-30-42-18-12-13-19-43(42)38-47)46-31-28-41(29-32-46)27-26-40-16-6-3-7-17-40/h3-39H,1-2H3/b27-26+. The molecule has 9 aromatic rings. The van der Waals surface area contributed by atoms with Gasteiger partial charge in [0.15, 0.2) is 0 Å². The second-order valence-electron chi connectivity index (χ2n) is 16.5. The molecule has 0 unspecified atom stereocenters. The summed E-state index contributed by atoms with van der Waals surface area (Å²) in [5.41, 5.74) is 15.7. The molecule has 60 heavy (non-hydrogen) atoms. The average Bonchev–Trinajstić information content (AvgIpc) is 3.54. The Bertz CT molecular complexity index is 3030. The molecule has 2 heteroatoms. The van der Waals surface area contributed by atoms with Crippen molar-refractivity contribution in [3.05, 3.63) is 257 Å². The number of hydrogen-bond acceptors (Lipinski definition) is 2. The van der Waals surface area contributed by atoms with E-state index in [-0.39, 0.29) is 5.41 Å². The fourth-order valence-corrected chi connectivity index (χ4v) is 11.2. The van der Waals surface area contributed by atoms with Gasteiger partial charge in [-0.05, 0) is 103 Å². The van der Waals surface area contributed by atoms with Crippen molar-refractivity contribution in [3.8, 4) is 11.1 Å². The van der Waals surface area contributed by atoms with Crippen LogP contribution in [0.25, 0.3) is 34.1 Å². The Balaban J connectivity index is 1.08. The Labute approximate surface area is 357 Å². The molecule has 0 bridgehead atoms. The predicted molar refractivity (Wildman–Crippen MR) is 254 cm³/mol. The van der Waals surface area contributed by atoms with E-state index in [0.29, 0.717) is 0 Å². The summed E-state index contributed by atoms with van der Waals surface area (Å²) in [6.07, 6.45) is 4.37. The highest BCUT2D eigenvalue weighted by Crippen LogP contribution is 2.62. The Morgan fingerprint density at radius 1 is 0.417 bits per heavy atom. The van der Waals surface area contributed by atoms with Crippen LogP contribution in [0.3, 0.4) is 0 Å². The van der Waals surface area contributed by atoms with Crippen LogP contribution in [0.2, 0.25) is 0 Å². The van der Waals surface area contributed by atoms with Gasteiger partial charge in [0.05, 0.1) is 5.41 Å². The number of anilines is 3. The van der Waals surface area contributed by atoms with E-state index in [2.05, 4.69) is 243 Å². The Morgan fingerprint density at radius 3 is 1.68 bits per heavy atom. The normalized spacial score (nSPS) is 14.3. The van der Waals surface area contributed by atoms with E-state index in [4.69, 9.17) is 0 Å². The van der Waals surface area contributed by atoms with Crippen LogP contribution in [0.5, 0.6) is 0 Å². The molecule has 1 heterocycles. The highest BCUT2D eigenvalue weighted by Gasteiger charge is 2.47. The van der Waals surface area contributed by atoms with Crippen LogP contribution in [0.4, 0.5) is 17.1 Å². The minimum atomic E-state index is -0.475. The molecular weight excluding hydrogens is 743 g/mol. The monoisotopic (exact) mass is 785 g/mol. The van der Waals surface area contributed by atoms with Crippen LogP contribution in [-0.4, -0.2) is 0 Å². The lowest BCUT2D eigenvalue weighted by Gasteiger charge is -2.42. The first-order chi connectivity index (χ1) is 29.5. The molecule has 0 fully saturated rings. The molecule has 1 nitrogen and oxygen atoms in total. The van der Waals surface area contributed by atoms with Crippen molar-refractivity contribution in [1.29, 1.82) is 0 Å². The molecule has 2 aliphatic rings. The second kappa shape index (κ2) is 14.4. The summed E-state index contributed by atoms with van der Waals surface area (Å²) in [7, 11) is 0. The van der Waals surface area contributed by atoms with Gasteiger partial charge in [0.25, 0.3) is 0 Å². The summed E-state index contributed by atoms with van der Waals surface area (Å²) in [6, 6.07) is 78.3. The number of fused-ring (bicyclic) bond motifs is 7. The average molecular weight is 786 g/mol. The van der Waals surface area contributed by atoms with Crippen molar-refractivity contribution < 1.29 is 0 Å². The molecule has 11 rings (SSSR count). The molecule has 286 valence electrons. The number of rotatable bonds is 7. The first kappa shape index (κ1) is 36.2. The topological polar surface area (TPSA) is 3.24 Å². The van der Waals surface area contributed by atoms with E-state index >= 15 is 0 Å². The molecule has 1 aliphatic carbocycles. The molecule has 0 saturated heterocycles. The van der Waals surface area contributed by atoms with Gasteiger partial charge in [-0.25, -0.2) is 0 Å². The van der Waals surface area contributed by atoms with Gasteiger partial charge in [0.2, 0.25) is 0 Å². The van der Waals surface area contributed by atoms with Crippen LogP contribution >= 0.6 is 11.8 Å². The lowest BCUT2D eigenvalue weighted by molar-refractivity contribution is 0.655. The summed E-state index contributed by atoms with van der Waals surface area (Å²) >= 11 is 1.94. The Hall–Kier alpha value is -6.87. The molecule has 0 N–H and O–H groups in total. The zero-order chi connectivity index (χ0) is 40.3. The molecule has 0 amide bonds. The van der Waals surface area contributed by atoms with Crippen LogP contribution in [-0.2, 0) is 10.8 Å². The fourth-order valence-electron chi connectivity index (χ4n) is 9.86. The maximum Gasteiger partial charge on any atom is 0.0723 e. The van der Waals surface area contributed by atoms with E-state index in [0.717, 1.165) is 22.6 Å². The minimum Gasteiger partial charge on any atom is -0.310 e. The van der Waals surface area contributed by atoms with E-state index in [1.807, 2.05) is 11.8 Å². The van der Waals surface area contributed by atoms with E-state index < -0.39 is 5.41 Å². The molecular formula is C58H43NS. The Morgan fingerprint density at radius 2 is 0.967 bits per heavy atom. The lowest BCUT2D eigenvalue weighted by Crippen LogP contribution is -2.34. The number of hydrogen-bond donors (Lipinski definition) is 0. The molecule has 1 aliphatic heterocycles. The van der Waals surface area contributed by atoms with Crippen molar-refractivity contribution in [1.82, 2.24) is 0 Å². The molecule has 0 saturated carbocycles. The van der Waals surface area contributed by atoms with Gasteiger partial charge < -0.3 is 4.90 Å². The molecule has 0 radical (unpaired) electrons. The van der Waals surface area contributed by atoms with Gasteiger partial charge in [0.1, 0.15) is 0 Å². The van der Waals surface area contributed by atoms with E-state index in [1.54, 1.807) is 0 Å². The third-order valence-electron chi connectivity index (χ3n) is 12.8. The maximum absolute atomic E-state index is 2.46. The molecule has 0 spiro atoms. The van der Waals surface area contributed by atoms with Crippen LogP contribution in [0.15, 0.2) is 222 Å². The van der Waals surface area contributed by atoms with Gasteiger partial charge in [-0.15, -0.1) is 0 Å². The maximum atomic E-state index is 2.46.